The van der Waals surface area contributed by atoms with Crippen LogP contribution in [0.15, 0.2) is 30.3 Å². The summed E-state index contributed by atoms with van der Waals surface area (Å²) in [5.41, 5.74) is 1.07. The SMILES string of the molecule is CC(CS(=O)(=O)NCC1CCC(Br)C1)c1ccccc1. The number of sulfonamides is 1. The number of rotatable bonds is 6. The van der Waals surface area contributed by atoms with Gasteiger partial charge in [-0.25, -0.2) is 13.1 Å². The standard InChI is InChI=1S/C15H22BrNO2S/c1-12(14-5-3-2-4-6-14)11-20(18,19)17-10-13-7-8-15(16)9-13/h2-6,12-13,15,17H,7-11H2,1H3. The van der Waals surface area contributed by atoms with Gasteiger partial charge in [0.05, 0.1) is 5.75 Å². The first-order valence-electron chi connectivity index (χ1n) is 7.12. The number of nitrogens with one attached hydrogen (secondary N) is 1. The fourth-order valence-electron chi connectivity index (χ4n) is 2.71. The smallest absolute Gasteiger partial charge is 0.212 e. The highest BCUT2D eigenvalue weighted by molar-refractivity contribution is 9.09. The van der Waals surface area contributed by atoms with Gasteiger partial charge in [0.1, 0.15) is 0 Å². The quantitative estimate of drug-likeness (QED) is 0.792. The zero-order chi connectivity index (χ0) is 14.6. The molecule has 1 aliphatic rings. The summed E-state index contributed by atoms with van der Waals surface area (Å²) in [6, 6.07) is 9.79. The number of halogens is 1. The highest BCUT2D eigenvalue weighted by atomic mass is 79.9. The summed E-state index contributed by atoms with van der Waals surface area (Å²) in [5, 5.41) is 0. The lowest BCUT2D eigenvalue weighted by molar-refractivity contribution is 0.519. The normalized spacial score (nSPS) is 24.7. The molecule has 20 heavy (non-hydrogen) atoms. The molecule has 112 valence electrons. The van der Waals surface area contributed by atoms with Crippen LogP contribution in [0.3, 0.4) is 0 Å². The molecule has 0 aliphatic heterocycles. The van der Waals surface area contributed by atoms with Crippen molar-refractivity contribution in [2.75, 3.05) is 12.3 Å². The van der Waals surface area contributed by atoms with E-state index in [2.05, 4.69) is 20.7 Å². The molecule has 1 fully saturated rings. The van der Waals surface area contributed by atoms with Crippen molar-refractivity contribution >= 4 is 26.0 Å². The second-order valence-electron chi connectivity index (χ2n) is 5.72. The monoisotopic (exact) mass is 359 g/mol. The van der Waals surface area contributed by atoms with Gasteiger partial charge in [-0.2, -0.15) is 0 Å². The summed E-state index contributed by atoms with van der Waals surface area (Å²) < 4.78 is 27.0. The number of benzene rings is 1. The largest absolute Gasteiger partial charge is 0.215 e. The van der Waals surface area contributed by atoms with Crippen LogP contribution in [-0.4, -0.2) is 25.5 Å². The molecule has 1 aromatic carbocycles. The van der Waals surface area contributed by atoms with Crippen LogP contribution < -0.4 is 4.72 Å². The molecule has 1 aromatic rings. The summed E-state index contributed by atoms with van der Waals surface area (Å²) in [6.07, 6.45) is 3.32. The van der Waals surface area contributed by atoms with E-state index >= 15 is 0 Å². The maximum Gasteiger partial charge on any atom is 0.212 e. The van der Waals surface area contributed by atoms with E-state index in [1.807, 2.05) is 37.3 Å². The van der Waals surface area contributed by atoms with Gasteiger partial charge in [-0.1, -0.05) is 53.2 Å². The first kappa shape index (κ1) is 16.0. The van der Waals surface area contributed by atoms with Gasteiger partial charge in [0, 0.05) is 11.4 Å². The summed E-state index contributed by atoms with van der Waals surface area (Å²) in [5.74, 6) is 0.643. The van der Waals surface area contributed by atoms with Gasteiger partial charge in [0.15, 0.2) is 0 Å². The van der Waals surface area contributed by atoms with Gasteiger partial charge >= 0.3 is 0 Å². The molecule has 1 saturated carbocycles. The number of hydrogen-bond acceptors (Lipinski definition) is 2. The minimum atomic E-state index is -3.20. The first-order chi connectivity index (χ1) is 9.46. The van der Waals surface area contributed by atoms with Crippen LogP contribution >= 0.6 is 15.9 Å². The van der Waals surface area contributed by atoms with Gasteiger partial charge in [-0.3, -0.25) is 0 Å². The Kier molecular flexibility index (Phi) is 5.64. The minimum absolute atomic E-state index is 0.0150. The molecule has 0 saturated heterocycles. The van der Waals surface area contributed by atoms with Crippen LogP contribution in [0.2, 0.25) is 0 Å². The molecule has 0 aromatic heterocycles. The van der Waals surface area contributed by atoms with E-state index in [1.165, 1.54) is 0 Å². The fraction of sp³-hybridized carbons (Fsp3) is 0.600. The fourth-order valence-corrected chi connectivity index (χ4v) is 4.96. The lowest BCUT2D eigenvalue weighted by atomic mass is 10.0. The Morgan fingerprint density at radius 1 is 1.30 bits per heavy atom. The summed E-state index contributed by atoms with van der Waals surface area (Å²) in [4.78, 5) is 0.556. The van der Waals surface area contributed by atoms with Crippen molar-refractivity contribution in [3.05, 3.63) is 35.9 Å². The number of hydrogen-bond donors (Lipinski definition) is 1. The average Bonchev–Trinajstić information content (AvgIpc) is 2.83. The Labute approximate surface area is 130 Å². The van der Waals surface area contributed by atoms with E-state index in [0.29, 0.717) is 17.3 Å². The van der Waals surface area contributed by atoms with Crippen LogP contribution in [-0.2, 0) is 10.0 Å². The third-order valence-corrected chi connectivity index (χ3v) is 6.28. The maximum absolute atomic E-state index is 12.1. The maximum atomic E-state index is 12.1. The van der Waals surface area contributed by atoms with E-state index in [0.717, 1.165) is 24.8 Å². The van der Waals surface area contributed by atoms with Crippen molar-refractivity contribution in [1.29, 1.82) is 0 Å². The zero-order valence-corrected chi connectivity index (χ0v) is 14.2. The Morgan fingerprint density at radius 3 is 2.60 bits per heavy atom. The molecule has 0 spiro atoms. The molecular weight excluding hydrogens is 338 g/mol. The molecule has 3 atom stereocenters. The van der Waals surface area contributed by atoms with Gasteiger partial charge in [-0.05, 0) is 36.7 Å². The van der Waals surface area contributed by atoms with Crippen LogP contribution in [0.1, 0.15) is 37.7 Å². The Balaban J connectivity index is 1.84. The second kappa shape index (κ2) is 7.05. The van der Waals surface area contributed by atoms with Crippen LogP contribution in [0.5, 0.6) is 0 Å². The molecule has 5 heteroatoms. The van der Waals surface area contributed by atoms with Crippen LogP contribution in [0, 0.1) is 5.92 Å². The Morgan fingerprint density at radius 2 is 2.00 bits per heavy atom. The molecule has 1 N–H and O–H groups in total. The molecule has 1 aliphatic carbocycles. The van der Waals surface area contributed by atoms with Crippen LogP contribution in [0.4, 0.5) is 0 Å². The van der Waals surface area contributed by atoms with Gasteiger partial charge in [0.2, 0.25) is 10.0 Å². The summed E-state index contributed by atoms with van der Waals surface area (Å²) in [6.45, 7) is 2.53. The van der Waals surface area contributed by atoms with Crippen molar-refractivity contribution in [3.63, 3.8) is 0 Å². The lowest BCUT2D eigenvalue weighted by Crippen LogP contribution is -2.32. The zero-order valence-electron chi connectivity index (χ0n) is 11.8. The van der Waals surface area contributed by atoms with Crippen molar-refractivity contribution < 1.29 is 8.42 Å². The van der Waals surface area contributed by atoms with Crippen molar-refractivity contribution in [3.8, 4) is 0 Å². The van der Waals surface area contributed by atoms with Gasteiger partial charge < -0.3 is 0 Å². The third-order valence-electron chi connectivity index (χ3n) is 3.91. The summed E-state index contributed by atoms with van der Waals surface area (Å²) >= 11 is 3.59. The molecule has 0 bridgehead atoms. The molecule has 0 amide bonds. The molecule has 3 unspecified atom stereocenters. The molecular formula is C15H22BrNO2S. The second-order valence-corrected chi connectivity index (χ2v) is 8.86. The molecule has 0 heterocycles. The van der Waals surface area contributed by atoms with E-state index in [-0.39, 0.29) is 11.7 Å². The highest BCUT2D eigenvalue weighted by Crippen LogP contribution is 2.30. The minimum Gasteiger partial charge on any atom is -0.215 e. The topological polar surface area (TPSA) is 46.2 Å². The summed E-state index contributed by atoms with van der Waals surface area (Å²) in [7, 11) is -3.20. The van der Waals surface area contributed by atoms with Crippen molar-refractivity contribution in [2.24, 2.45) is 5.92 Å². The number of alkyl halides is 1. The molecule has 0 radical (unpaired) electrons. The third kappa shape index (κ3) is 4.86. The van der Waals surface area contributed by atoms with E-state index in [1.54, 1.807) is 0 Å². The van der Waals surface area contributed by atoms with Gasteiger partial charge in [-0.15, -0.1) is 0 Å². The van der Waals surface area contributed by atoms with E-state index in [4.69, 9.17) is 0 Å². The predicted molar refractivity (Wildman–Crippen MR) is 86.7 cm³/mol. The van der Waals surface area contributed by atoms with E-state index < -0.39 is 10.0 Å². The van der Waals surface area contributed by atoms with Crippen molar-refractivity contribution in [2.45, 2.75) is 36.9 Å². The molecule has 3 nitrogen and oxygen atoms in total. The Hall–Kier alpha value is -0.390. The highest BCUT2D eigenvalue weighted by Gasteiger charge is 2.24. The lowest BCUT2D eigenvalue weighted by Gasteiger charge is -2.15. The van der Waals surface area contributed by atoms with Crippen molar-refractivity contribution in [1.82, 2.24) is 4.72 Å². The Bertz CT molecular complexity index is 518. The van der Waals surface area contributed by atoms with E-state index in [9.17, 15) is 8.42 Å². The van der Waals surface area contributed by atoms with Gasteiger partial charge in [0.25, 0.3) is 0 Å². The molecule has 2 rings (SSSR count). The first-order valence-corrected chi connectivity index (χ1v) is 9.69. The average molecular weight is 360 g/mol. The predicted octanol–water partition coefficient (Wildman–Crippen LogP) is 3.27. The van der Waals surface area contributed by atoms with Crippen LogP contribution in [0.25, 0.3) is 0 Å².